The minimum Gasteiger partial charge on any atom is -0.321 e. The van der Waals surface area contributed by atoms with Crippen molar-refractivity contribution in [1.29, 1.82) is 0 Å². The van der Waals surface area contributed by atoms with Gasteiger partial charge in [0.2, 0.25) is 0 Å². The van der Waals surface area contributed by atoms with Crippen LogP contribution in [0.4, 0.5) is 5.69 Å². The molecule has 126 valence electrons. The lowest BCUT2D eigenvalue weighted by Gasteiger charge is -2.10. The van der Waals surface area contributed by atoms with Gasteiger partial charge in [-0.15, -0.1) is 16.9 Å². The van der Waals surface area contributed by atoms with Crippen molar-refractivity contribution in [2.24, 2.45) is 0 Å². The van der Waals surface area contributed by atoms with Crippen molar-refractivity contribution in [3.63, 3.8) is 0 Å². The van der Waals surface area contributed by atoms with E-state index in [0.29, 0.717) is 11.5 Å². The zero-order chi connectivity index (χ0) is 17.6. The lowest BCUT2D eigenvalue weighted by Crippen LogP contribution is -2.19. The van der Waals surface area contributed by atoms with Gasteiger partial charge in [-0.25, -0.2) is 0 Å². The monoisotopic (exact) mass is 351 g/mol. The first-order valence-electron chi connectivity index (χ1n) is 7.65. The fraction of sp³-hybridized carbons (Fsp3) is 0.111. The van der Waals surface area contributed by atoms with Crippen LogP contribution in [0.15, 0.2) is 59.5 Å². The summed E-state index contributed by atoms with van der Waals surface area (Å²) in [5, 5.41) is 14.4. The number of benzene rings is 2. The Morgan fingerprint density at radius 3 is 2.64 bits per heavy atom. The molecule has 3 rings (SSSR count). The van der Waals surface area contributed by atoms with Crippen LogP contribution in [0.5, 0.6) is 0 Å². The second kappa shape index (κ2) is 7.76. The Morgan fingerprint density at radius 1 is 1.16 bits per heavy atom. The molecule has 0 radical (unpaired) electrons. The quantitative estimate of drug-likeness (QED) is 0.564. The van der Waals surface area contributed by atoms with E-state index in [1.165, 1.54) is 4.68 Å². The zero-order valence-corrected chi connectivity index (χ0v) is 14.7. The van der Waals surface area contributed by atoms with E-state index in [-0.39, 0.29) is 5.91 Å². The van der Waals surface area contributed by atoms with Crippen LogP contribution >= 0.6 is 11.8 Å². The highest BCUT2D eigenvalue weighted by Gasteiger charge is 2.16. The molecule has 0 aliphatic heterocycles. The van der Waals surface area contributed by atoms with E-state index >= 15 is 0 Å². The first-order valence-corrected chi connectivity index (χ1v) is 8.87. The maximum absolute atomic E-state index is 12.9. The second-order valence-corrected chi connectivity index (χ2v) is 6.14. The molecule has 0 saturated heterocycles. The molecular formula is C18H17N5OS. The third kappa shape index (κ3) is 4.13. The molecule has 2 aromatic carbocycles. The molecule has 25 heavy (non-hydrogen) atoms. The Kier molecular flexibility index (Phi) is 5.25. The van der Waals surface area contributed by atoms with E-state index in [2.05, 4.69) is 20.8 Å². The maximum atomic E-state index is 12.9. The number of nitrogens with zero attached hydrogens (tertiary/aromatic N) is 4. The first kappa shape index (κ1) is 16.9. The Hall–Kier alpha value is -2.93. The van der Waals surface area contributed by atoms with E-state index in [9.17, 15) is 4.79 Å². The molecule has 0 bridgehead atoms. The Labute approximate surface area is 149 Å². The minimum atomic E-state index is -0.280. The number of hydrogen-bond acceptors (Lipinski definition) is 5. The molecule has 1 N–H and O–H groups in total. The van der Waals surface area contributed by atoms with E-state index in [0.717, 1.165) is 16.1 Å². The molecule has 0 fully saturated rings. The van der Waals surface area contributed by atoms with Crippen LogP contribution in [0, 0.1) is 6.92 Å². The van der Waals surface area contributed by atoms with E-state index in [4.69, 9.17) is 0 Å². The summed E-state index contributed by atoms with van der Waals surface area (Å²) in [5.41, 5.74) is 1.96. The van der Waals surface area contributed by atoms with Crippen LogP contribution in [0.25, 0.3) is 11.8 Å². The van der Waals surface area contributed by atoms with E-state index in [1.807, 2.05) is 60.9 Å². The fourth-order valence-corrected chi connectivity index (χ4v) is 2.74. The van der Waals surface area contributed by atoms with Crippen molar-refractivity contribution < 1.29 is 4.79 Å². The molecule has 0 saturated carbocycles. The highest BCUT2D eigenvalue weighted by Crippen LogP contribution is 2.20. The molecule has 0 aliphatic rings. The topological polar surface area (TPSA) is 72.7 Å². The van der Waals surface area contributed by atoms with Gasteiger partial charge in [-0.1, -0.05) is 36.4 Å². The van der Waals surface area contributed by atoms with Crippen LogP contribution < -0.4 is 5.32 Å². The van der Waals surface area contributed by atoms with Gasteiger partial charge in [-0.05, 0) is 53.4 Å². The molecular weight excluding hydrogens is 334 g/mol. The number of rotatable bonds is 5. The van der Waals surface area contributed by atoms with Crippen molar-refractivity contribution >= 4 is 35.1 Å². The lowest BCUT2D eigenvalue weighted by molar-refractivity contribution is -0.111. The van der Waals surface area contributed by atoms with Crippen LogP contribution in [-0.2, 0) is 4.79 Å². The van der Waals surface area contributed by atoms with Crippen LogP contribution in [0.1, 0.15) is 11.4 Å². The number of nitrogens with one attached hydrogen (secondary N) is 1. The first-order chi connectivity index (χ1) is 12.2. The summed E-state index contributed by atoms with van der Waals surface area (Å²) >= 11 is 1.62. The number of carbonyl (C=O) groups excluding carboxylic acids is 1. The average Bonchev–Trinajstić information content (AvgIpc) is 3.06. The van der Waals surface area contributed by atoms with Crippen molar-refractivity contribution in [3.05, 3.63) is 66.0 Å². The molecule has 0 atom stereocenters. The lowest BCUT2D eigenvalue weighted by atomic mass is 10.2. The number of aromatic nitrogens is 4. The summed E-state index contributed by atoms with van der Waals surface area (Å²) in [6.07, 6.45) is 3.75. The Balaban J connectivity index is 1.95. The van der Waals surface area contributed by atoms with E-state index in [1.54, 1.807) is 24.8 Å². The molecule has 0 unspecified atom stereocenters. The number of hydrogen-bond donors (Lipinski definition) is 1. The Morgan fingerprint density at radius 2 is 1.96 bits per heavy atom. The molecule has 1 heterocycles. The largest absolute Gasteiger partial charge is 0.321 e. The van der Waals surface area contributed by atoms with Gasteiger partial charge >= 0.3 is 0 Å². The van der Waals surface area contributed by atoms with E-state index < -0.39 is 0 Å². The summed E-state index contributed by atoms with van der Waals surface area (Å²) in [4.78, 5) is 13.9. The van der Waals surface area contributed by atoms with Crippen LogP contribution in [-0.4, -0.2) is 32.4 Å². The van der Waals surface area contributed by atoms with Crippen LogP contribution in [0.2, 0.25) is 0 Å². The highest BCUT2D eigenvalue weighted by molar-refractivity contribution is 7.98. The number of amides is 1. The molecule has 3 aromatic rings. The average molecular weight is 351 g/mol. The SMILES string of the molecule is CSc1cccc(NC(=O)/C(=C/c2ccccc2)n2nnnc2C)c1. The summed E-state index contributed by atoms with van der Waals surface area (Å²) < 4.78 is 1.43. The molecule has 0 spiro atoms. The third-order valence-electron chi connectivity index (χ3n) is 3.52. The highest BCUT2D eigenvalue weighted by atomic mass is 32.2. The van der Waals surface area contributed by atoms with Gasteiger partial charge in [0.25, 0.3) is 5.91 Å². The smallest absolute Gasteiger partial charge is 0.274 e. The van der Waals surface area contributed by atoms with Gasteiger partial charge < -0.3 is 5.32 Å². The fourth-order valence-electron chi connectivity index (χ4n) is 2.28. The number of anilines is 1. The van der Waals surface area contributed by atoms with Gasteiger partial charge in [-0.3, -0.25) is 4.79 Å². The van der Waals surface area contributed by atoms with Gasteiger partial charge in [-0.2, -0.15) is 4.68 Å². The van der Waals surface area contributed by atoms with Crippen molar-refractivity contribution in [2.75, 3.05) is 11.6 Å². The van der Waals surface area contributed by atoms with Gasteiger partial charge in [0.15, 0.2) is 5.82 Å². The predicted molar refractivity (Wildman–Crippen MR) is 100 cm³/mol. The summed E-state index contributed by atoms with van der Waals surface area (Å²) in [6.45, 7) is 1.75. The minimum absolute atomic E-state index is 0.280. The third-order valence-corrected chi connectivity index (χ3v) is 4.24. The number of tetrazole rings is 1. The number of carbonyl (C=O) groups is 1. The Bertz CT molecular complexity index is 905. The van der Waals surface area contributed by atoms with Crippen LogP contribution in [0.3, 0.4) is 0 Å². The van der Waals surface area contributed by atoms with Crippen molar-refractivity contribution in [1.82, 2.24) is 20.2 Å². The summed E-state index contributed by atoms with van der Waals surface area (Å²) in [7, 11) is 0. The van der Waals surface area contributed by atoms with Crippen molar-refractivity contribution in [2.45, 2.75) is 11.8 Å². The zero-order valence-electron chi connectivity index (χ0n) is 13.9. The van der Waals surface area contributed by atoms with Crippen molar-refractivity contribution in [3.8, 4) is 0 Å². The number of aryl methyl sites for hydroxylation is 1. The molecule has 6 nitrogen and oxygen atoms in total. The molecule has 1 aromatic heterocycles. The summed E-state index contributed by atoms with van der Waals surface area (Å²) in [5.74, 6) is 0.257. The van der Waals surface area contributed by atoms with Gasteiger partial charge in [0.1, 0.15) is 5.70 Å². The predicted octanol–water partition coefficient (Wildman–Crippen LogP) is 3.34. The summed E-state index contributed by atoms with van der Waals surface area (Å²) in [6, 6.07) is 17.3. The van der Waals surface area contributed by atoms with Gasteiger partial charge in [0, 0.05) is 10.6 Å². The number of thioether (sulfide) groups is 1. The normalized spacial score (nSPS) is 11.4. The second-order valence-electron chi connectivity index (χ2n) is 5.26. The maximum Gasteiger partial charge on any atom is 0.274 e. The molecule has 7 heteroatoms. The molecule has 1 amide bonds. The van der Waals surface area contributed by atoms with Gasteiger partial charge in [0.05, 0.1) is 0 Å². The standard InChI is InChI=1S/C18H17N5OS/c1-13-20-21-22-23(13)17(11-14-7-4-3-5-8-14)18(24)19-15-9-6-10-16(12-15)25-2/h3-12H,1-2H3,(H,19,24)/b17-11-. The molecule has 0 aliphatic carbocycles.